The zero-order chi connectivity index (χ0) is 14.6. The van der Waals surface area contributed by atoms with Crippen molar-refractivity contribution in [2.45, 2.75) is 13.1 Å². The fraction of sp³-hybridized carbons (Fsp3) is 0.133. The van der Waals surface area contributed by atoms with E-state index in [1.165, 1.54) is 18.3 Å². The Hall–Kier alpha value is -2.30. The minimum Gasteiger partial charge on any atom is -0.279 e. The normalized spacial score (nSPS) is 11.8. The second-order valence-corrected chi connectivity index (χ2v) is 4.32. The number of alkyl halides is 3. The van der Waals surface area contributed by atoms with Crippen molar-refractivity contribution < 1.29 is 13.2 Å². The first kappa shape index (κ1) is 14.1. The molecule has 20 heavy (non-hydrogen) atoms. The van der Waals surface area contributed by atoms with E-state index in [0.29, 0.717) is 0 Å². The molecule has 0 aromatic heterocycles. The van der Waals surface area contributed by atoms with Crippen LogP contribution in [0.5, 0.6) is 0 Å². The van der Waals surface area contributed by atoms with Crippen LogP contribution in [0.1, 0.15) is 16.7 Å². The Morgan fingerprint density at radius 1 is 1.00 bits per heavy atom. The number of rotatable bonds is 3. The van der Waals surface area contributed by atoms with Crippen LogP contribution < -0.4 is 5.43 Å². The number of hydrogen-bond acceptors (Lipinski definition) is 2. The summed E-state index contributed by atoms with van der Waals surface area (Å²) in [6, 6.07) is 12.7. The van der Waals surface area contributed by atoms with Gasteiger partial charge in [0.15, 0.2) is 0 Å². The quantitative estimate of drug-likeness (QED) is 0.650. The van der Waals surface area contributed by atoms with Crippen LogP contribution in [0.2, 0.25) is 0 Å². The average Bonchev–Trinajstić information content (AvgIpc) is 2.40. The van der Waals surface area contributed by atoms with Gasteiger partial charge in [0, 0.05) is 5.56 Å². The third-order valence-corrected chi connectivity index (χ3v) is 2.72. The van der Waals surface area contributed by atoms with Crippen molar-refractivity contribution in [2.24, 2.45) is 5.10 Å². The van der Waals surface area contributed by atoms with Gasteiger partial charge in [0.05, 0.1) is 17.5 Å². The van der Waals surface area contributed by atoms with E-state index < -0.39 is 11.7 Å². The zero-order valence-corrected chi connectivity index (χ0v) is 10.8. The summed E-state index contributed by atoms with van der Waals surface area (Å²) >= 11 is 0. The molecule has 0 heterocycles. The summed E-state index contributed by atoms with van der Waals surface area (Å²) in [4.78, 5) is 0. The van der Waals surface area contributed by atoms with Gasteiger partial charge in [0.2, 0.25) is 0 Å². The average molecular weight is 278 g/mol. The van der Waals surface area contributed by atoms with Crippen molar-refractivity contribution in [3.05, 3.63) is 65.2 Å². The monoisotopic (exact) mass is 278 g/mol. The maximum Gasteiger partial charge on any atom is 0.417 e. The topological polar surface area (TPSA) is 24.4 Å². The second kappa shape index (κ2) is 5.77. The molecule has 1 N–H and O–H groups in total. The van der Waals surface area contributed by atoms with Crippen LogP contribution in [-0.4, -0.2) is 6.21 Å². The van der Waals surface area contributed by atoms with E-state index in [4.69, 9.17) is 0 Å². The minimum absolute atomic E-state index is 0.0274. The van der Waals surface area contributed by atoms with Gasteiger partial charge in [-0.05, 0) is 25.1 Å². The number of nitrogens with one attached hydrogen (secondary N) is 1. The SMILES string of the molecule is Cc1ccc(N/N=C/c2ccccc2C(F)(F)F)cc1. The molecule has 0 spiro atoms. The van der Waals surface area contributed by atoms with E-state index >= 15 is 0 Å². The summed E-state index contributed by atoms with van der Waals surface area (Å²) in [6.45, 7) is 1.95. The summed E-state index contributed by atoms with van der Waals surface area (Å²) in [6.07, 6.45) is -3.21. The number of hydrogen-bond donors (Lipinski definition) is 1. The van der Waals surface area contributed by atoms with E-state index in [-0.39, 0.29) is 5.56 Å². The lowest BCUT2D eigenvalue weighted by Crippen LogP contribution is -2.08. The molecule has 5 heteroatoms. The van der Waals surface area contributed by atoms with Gasteiger partial charge in [-0.3, -0.25) is 5.43 Å². The molecule has 0 bridgehead atoms. The molecule has 0 saturated carbocycles. The first-order chi connectivity index (χ1) is 9.47. The number of benzene rings is 2. The first-order valence-electron chi connectivity index (χ1n) is 5.99. The maximum absolute atomic E-state index is 12.8. The fourth-order valence-corrected chi connectivity index (χ4v) is 1.67. The Morgan fingerprint density at radius 3 is 2.30 bits per heavy atom. The van der Waals surface area contributed by atoms with Gasteiger partial charge in [-0.1, -0.05) is 35.9 Å². The molecule has 0 amide bonds. The smallest absolute Gasteiger partial charge is 0.279 e. The van der Waals surface area contributed by atoms with Crippen LogP contribution in [0.4, 0.5) is 18.9 Å². The molecule has 104 valence electrons. The Morgan fingerprint density at radius 2 is 1.65 bits per heavy atom. The second-order valence-electron chi connectivity index (χ2n) is 4.32. The minimum atomic E-state index is -4.38. The molecule has 2 aromatic rings. The molecule has 0 fully saturated rings. The molecule has 0 aliphatic heterocycles. The molecular weight excluding hydrogens is 265 g/mol. The van der Waals surface area contributed by atoms with Gasteiger partial charge in [0.1, 0.15) is 0 Å². The molecule has 2 rings (SSSR count). The molecule has 2 aromatic carbocycles. The maximum atomic E-state index is 12.8. The number of hydrazone groups is 1. The van der Waals surface area contributed by atoms with Crippen LogP contribution in [-0.2, 0) is 6.18 Å². The van der Waals surface area contributed by atoms with Crippen LogP contribution in [0.15, 0.2) is 53.6 Å². The van der Waals surface area contributed by atoms with E-state index in [1.807, 2.05) is 31.2 Å². The third kappa shape index (κ3) is 3.60. The molecule has 0 radical (unpaired) electrons. The van der Waals surface area contributed by atoms with E-state index in [2.05, 4.69) is 10.5 Å². The predicted molar refractivity (Wildman–Crippen MR) is 73.8 cm³/mol. The van der Waals surface area contributed by atoms with Crippen molar-refractivity contribution in [3.8, 4) is 0 Å². The molecule has 0 aliphatic carbocycles. The molecule has 2 nitrogen and oxygen atoms in total. The lowest BCUT2D eigenvalue weighted by Gasteiger charge is -2.09. The highest BCUT2D eigenvalue weighted by Crippen LogP contribution is 2.31. The lowest BCUT2D eigenvalue weighted by molar-refractivity contribution is -0.137. The largest absolute Gasteiger partial charge is 0.417 e. The van der Waals surface area contributed by atoms with Gasteiger partial charge in [-0.25, -0.2) is 0 Å². The highest BCUT2D eigenvalue weighted by molar-refractivity contribution is 5.82. The third-order valence-electron chi connectivity index (χ3n) is 2.72. The first-order valence-corrected chi connectivity index (χ1v) is 5.99. The number of halogens is 3. The van der Waals surface area contributed by atoms with Gasteiger partial charge in [-0.15, -0.1) is 0 Å². The zero-order valence-electron chi connectivity index (χ0n) is 10.8. The van der Waals surface area contributed by atoms with Crippen molar-refractivity contribution in [2.75, 3.05) is 5.43 Å². The Bertz CT molecular complexity index is 601. The van der Waals surface area contributed by atoms with E-state index in [9.17, 15) is 13.2 Å². The molecular formula is C15H13F3N2. The van der Waals surface area contributed by atoms with Gasteiger partial charge in [-0.2, -0.15) is 18.3 Å². The highest BCUT2D eigenvalue weighted by Gasteiger charge is 2.32. The van der Waals surface area contributed by atoms with Crippen LogP contribution in [0.3, 0.4) is 0 Å². The molecule has 0 saturated heterocycles. The van der Waals surface area contributed by atoms with Crippen molar-refractivity contribution >= 4 is 11.9 Å². The van der Waals surface area contributed by atoms with Gasteiger partial charge >= 0.3 is 6.18 Å². The van der Waals surface area contributed by atoms with Crippen molar-refractivity contribution in [1.82, 2.24) is 0 Å². The number of nitrogens with zero attached hydrogens (tertiary/aromatic N) is 1. The van der Waals surface area contributed by atoms with Gasteiger partial charge < -0.3 is 0 Å². The predicted octanol–water partition coefficient (Wildman–Crippen LogP) is 4.46. The summed E-state index contributed by atoms with van der Waals surface area (Å²) in [5.74, 6) is 0. The molecule has 0 atom stereocenters. The summed E-state index contributed by atoms with van der Waals surface area (Å²) in [5.41, 5.74) is 3.85. The Labute approximate surface area is 114 Å². The fourth-order valence-electron chi connectivity index (χ4n) is 1.67. The van der Waals surface area contributed by atoms with Crippen LogP contribution >= 0.6 is 0 Å². The molecule has 0 aliphatic rings. The Kier molecular flexibility index (Phi) is 4.08. The van der Waals surface area contributed by atoms with Crippen molar-refractivity contribution in [3.63, 3.8) is 0 Å². The lowest BCUT2D eigenvalue weighted by atomic mass is 10.1. The van der Waals surface area contributed by atoms with E-state index in [1.54, 1.807) is 6.07 Å². The Balaban J connectivity index is 2.14. The number of anilines is 1. The summed E-state index contributed by atoms with van der Waals surface area (Å²) in [5, 5.41) is 3.84. The standard InChI is InChI=1S/C15H13F3N2/c1-11-6-8-13(9-7-11)20-19-10-12-4-2-3-5-14(12)15(16,17)18/h2-10,20H,1H3/b19-10+. The molecule has 0 unspecified atom stereocenters. The van der Waals surface area contributed by atoms with E-state index in [0.717, 1.165) is 17.3 Å². The number of aryl methyl sites for hydroxylation is 1. The van der Waals surface area contributed by atoms with Gasteiger partial charge in [0.25, 0.3) is 0 Å². The summed E-state index contributed by atoms with van der Waals surface area (Å²) < 4.78 is 38.3. The van der Waals surface area contributed by atoms with Crippen LogP contribution in [0.25, 0.3) is 0 Å². The highest BCUT2D eigenvalue weighted by atomic mass is 19.4. The van der Waals surface area contributed by atoms with Crippen LogP contribution in [0, 0.1) is 6.92 Å². The summed E-state index contributed by atoms with van der Waals surface area (Å²) in [7, 11) is 0. The van der Waals surface area contributed by atoms with Crippen molar-refractivity contribution in [1.29, 1.82) is 0 Å².